The Morgan fingerprint density at radius 3 is 2.48 bits per heavy atom. The molecule has 2 heteroatoms. The molecule has 0 aliphatic rings. The van der Waals surface area contributed by atoms with Gasteiger partial charge in [0.1, 0.15) is 5.75 Å². The van der Waals surface area contributed by atoms with Crippen molar-refractivity contribution < 1.29 is 4.74 Å². The molecule has 0 atom stereocenters. The summed E-state index contributed by atoms with van der Waals surface area (Å²) in [6.45, 7) is 7.14. The van der Waals surface area contributed by atoms with E-state index in [4.69, 9.17) is 4.74 Å². The Hall–Kier alpha value is -2.87. The maximum Gasteiger partial charge on any atom is 0.134 e. The fraction of sp³-hybridized carbons (Fsp3) is 0.174. The summed E-state index contributed by atoms with van der Waals surface area (Å²) in [5.74, 6) is 0.887. The van der Waals surface area contributed by atoms with Gasteiger partial charge in [-0.1, -0.05) is 74.5 Å². The zero-order valence-electron chi connectivity index (χ0n) is 14.6. The van der Waals surface area contributed by atoms with E-state index in [2.05, 4.69) is 48.8 Å². The second-order valence-electron chi connectivity index (χ2n) is 5.94. The van der Waals surface area contributed by atoms with Gasteiger partial charge in [0, 0.05) is 22.9 Å². The van der Waals surface area contributed by atoms with Gasteiger partial charge in [-0.25, -0.2) is 0 Å². The molecule has 25 heavy (non-hydrogen) atoms. The van der Waals surface area contributed by atoms with Crippen LogP contribution in [0.2, 0.25) is 0 Å². The Balaban J connectivity index is 2.06. The van der Waals surface area contributed by atoms with Gasteiger partial charge in [0.25, 0.3) is 0 Å². The molecule has 126 valence electrons. The largest absolute Gasteiger partial charge is 0.492 e. The van der Waals surface area contributed by atoms with E-state index in [1.165, 1.54) is 0 Å². The van der Waals surface area contributed by atoms with Crippen molar-refractivity contribution in [2.24, 2.45) is 0 Å². The van der Waals surface area contributed by atoms with Crippen molar-refractivity contribution in [1.29, 1.82) is 0 Å². The Kier molecular flexibility index (Phi) is 5.63. The van der Waals surface area contributed by atoms with Crippen LogP contribution in [-0.2, 0) is 0 Å². The maximum absolute atomic E-state index is 6.22. The Bertz CT molecular complexity index is 825. The third-order valence-corrected chi connectivity index (χ3v) is 4.14. The highest BCUT2D eigenvalue weighted by Gasteiger charge is 2.15. The Labute approximate surface area is 149 Å². The minimum atomic E-state index is 0.697. The van der Waals surface area contributed by atoms with Gasteiger partial charge in [-0.2, -0.15) is 0 Å². The second kappa shape index (κ2) is 8.29. The van der Waals surface area contributed by atoms with Crippen LogP contribution in [-0.4, -0.2) is 11.6 Å². The molecule has 0 bridgehead atoms. The highest BCUT2D eigenvalue weighted by Crippen LogP contribution is 2.38. The number of benzene rings is 2. The van der Waals surface area contributed by atoms with Crippen LogP contribution in [0, 0.1) is 0 Å². The molecule has 0 radical (unpaired) electrons. The van der Waals surface area contributed by atoms with Crippen LogP contribution in [0.4, 0.5) is 0 Å². The van der Waals surface area contributed by atoms with Crippen molar-refractivity contribution in [3.8, 4) is 16.9 Å². The smallest absolute Gasteiger partial charge is 0.134 e. The monoisotopic (exact) mass is 329 g/mol. The van der Waals surface area contributed by atoms with Gasteiger partial charge in [-0.15, -0.1) is 0 Å². The van der Waals surface area contributed by atoms with Gasteiger partial charge in [-0.05, 0) is 24.1 Å². The molecular formula is C23H23NO. The Morgan fingerprint density at radius 2 is 1.76 bits per heavy atom. The topological polar surface area (TPSA) is 22.1 Å². The Morgan fingerprint density at radius 1 is 0.960 bits per heavy atom. The van der Waals surface area contributed by atoms with Gasteiger partial charge in [0.15, 0.2) is 0 Å². The van der Waals surface area contributed by atoms with Crippen molar-refractivity contribution in [3.63, 3.8) is 0 Å². The zero-order valence-corrected chi connectivity index (χ0v) is 14.6. The third-order valence-electron chi connectivity index (χ3n) is 4.14. The zero-order chi connectivity index (χ0) is 17.5. The molecule has 0 amide bonds. The number of hydrogen-bond donors (Lipinski definition) is 0. The minimum absolute atomic E-state index is 0.697. The summed E-state index contributed by atoms with van der Waals surface area (Å²) in [7, 11) is 0. The first-order valence-electron chi connectivity index (χ1n) is 8.73. The number of rotatable bonds is 7. The van der Waals surface area contributed by atoms with E-state index in [9.17, 15) is 0 Å². The summed E-state index contributed by atoms with van der Waals surface area (Å²) in [6.07, 6.45) is 3.92. The quantitative estimate of drug-likeness (QED) is 0.497. The fourth-order valence-corrected chi connectivity index (χ4v) is 2.77. The highest BCUT2D eigenvalue weighted by molar-refractivity contribution is 5.85. The van der Waals surface area contributed by atoms with Crippen molar-refractivity contribution in [3.05, 3.63) is 90.8 Å². The summed E-state index contributed by atoms with van der Waals surface area (Å²) in [6, 6.07) is 22.4. The number of unbranched alkanes of at least 4 members (excludes halogenated alkanes) is 1. The van der Waals surface area contributed by atoms with E-state index in [1.54, 1.807) is 6.20 Å². The summed E-state index contributed by atoms with van der Waals surface area (Å²) in [5, 5.41) is 0. The number of pyridine rings is 1. The summed E-state index contributed by atoms with van der Waals surface area (Å²) in [5.41, 5.74) is 4.98. The number of aromatic nitrogens is 1. The van der Waals surface area contributed by atoms with E-state index in [1.807, 2.05) is 36.4 Å². The molecule has 3 rings (SSSR count). The predicted octanol–water partition coefficient (Wildman–Crippen LogP) is 5.99. The average molecular weight is 329 g/mol. The molecular weight excluding hydrogens is 306 g/mol. The SMILES string of the molecule is C=C(c1ccccn1)c1cccc(-c2ccccc2)c1OCCCC. The lowest BCUT2D eigenvalue weighted by Gasteiger charge is -2.17. The molecule has 0 spiro atoms. The van der Waals surface area contributed by atoms with Gasteiger partial charge < -0.3 is 4.74 Å². The first kappa shape index (κ1) is 17.0. The molecule has 2 nitrogen and oxygen atoms in total. The first-order chi connectivity index (χ1) is 12.3. The number of ether oxygens (including phenoxy) is 1. The molecule has 0 aliphatic carbocycles. The van der Waals surface area contributed by atoms with Crippen LogP contribution in [0.25, 0.3) is 16.7 Å². The fourth-order valence-electron chi connectivity index (χ4n) is 2.77. The van der Waals surface area contributed by atoms with Crippen LogP contribution >= 0.6 is 0 Å². The van der Waals surface area contributed by atoms with Gasteiger partial charge in [0.2, 0.25) is 0 Å². The summed E-state index contributed by atoms with van der Waals surface area (Å²) in [4.78, 5) is 4.44. The lowest BCUT2D eigenvalue weighted by molar-refractivity contribution is 0.310. The van der Waals surface area contributed by atoms with Crippen molar-refractivity contribution in [2.75, 3.05) is 6.61 Å². The van der Waals surface area contributed by atoms with Crippen LogP contribution in [0.1, 0.15) is 31.0 Å². The average Bonchev–Trinajstić information content (AvgIpc) is 2.69. The molecule has 2 aromatic carbocycles. The first-order valence-corrected chi connectivity index (χ1v) is 8.73. The molecule has 0 N–H and O–H groups in total. The molecule has 0 unspecified atom stereocenters. The van der Waals surface area contributed by atoms with Gasteiger partial charge >= 0.3 is 0 Å². The molecule has 0 saturated carbocycles. The van der Waals surface area contributed by atoms with Gasteiger partial charge in [0.05, 0.1) is 12.3 Å². The predicted molar refractivity (Wildman–Crippen MR) is 105 cm³/mol. The molecule has 0 aliphatic heterocycles. The normalized spacial score (nSPS) is 10.4. The van der Waals surface area contributed by atoms with Crippen molar-refractivity contribution >= 4 is 5.57 Å². The lowest BCUT2D eigenvalue weighted by atomic mass is 9.96. The van der Waals surface area contributed by atoms with Gasteiger partial charge in [-0.3, -0.25) is 4.98 Å². The van der Waals surface area contributed by atoms with Crippen molar-refractivity contribution in [2.45, 2.75) is 19.8 Å². The summed E-state index contributed by atoms with van der Waals surface area (Å²) >= 11 is 0. The third kappa shape index (κ3) is 3.97. The van der Waals surface area contributed by atoms with E-state index in [0.717, 1.165) is 46.5 Å². The van der Waals surface area contributed by atoms with E-state index in [-0.39, 0.29) is 0 Å². The highest BCUT2D eigenvalue weighted by atomic mass is 16.5. The van der Waals surface area contributed by atoms with E-state index in [0.29, 0.717) is 6.61 Å². The summed E-state index contributed by atoms with van der Waals surface area (Å²) < 4.78 is 6.22. The second-order valence-corrected chi connectivity index (χ2v) is 5.94. The molecule has 1 aromatic heterocycles. The number of hydrogen-bond acceptors (Lipinski definition) is 2. The number of nitrogens with zero attached hydrogens (tertiary/aromatic N) is 1. The standard InChI is InChI=1S/C23H23NO/c1-3-4-17-25-23-20(18(2)22-15-8-9-16-24-22)13-10-14-21(23)19-11-6-5-7-12-19/h5-16H,2-4,17H2,1H3. The maximum atomic E-state index is 6.22. The van der Waals surface area contributed by atoms with Crippen LogP contribution in [0.3, 0.4) is 0 Å². The molecule has 3 aromatic rings. The lowest BCUT2D eigenvalue weighted by Crippen LogP contribution is -2.02. The van der Waals surface area contributed by atoms with Crippen molar-refractivity contribution in [1.82, 2.24) is 4.98 Å². The van der Waals surface area contributed by atoms with E-state index >= 15 is 0 Å². The van der Waals surface area contributed by atoms with E-state index < -0.39 is 0 Å². The van der Waals surface area contributed by atoms with Crippen LogP contribution < -0.4 is 4.74 Å². The van der Waals surface area contributed by atoms with Crippen LogP contribution in [0.5, 0.6) is 5.75 Å². The molecule has 1 heterocycles. The molecule has 0 fully saturated rings. The molecule has 0 saturated heterocycles. The van der Waals surface area contributed by atoms with Crippen LogP contribution in [0.15, 0.2) is 79.5 Å². The number of para-hydroxylation sites is 1. The minimum Gasteiger partial charge on any atom is -0.492 e.